The van der Waals surface area contributed by atoms with Crippen molar-refractivity contribution in [2.75, 3.05) is 40.8 Å². The van der Waals surface area contributed by atoms with E-state index < -0.39 is 0 Å². The Kier molecular flexibility index (Phi) is 8.61. The molecule has 0 saturated carbocycles. The van der Waals surface area contributed by atoms with Crippen molar-refractivity contribution in [3.05, 3.63) is 16.1 Å². The highest BCUT2D eigenvalue weighted by molar-refractivity contribution is 7.11. The monoisotopic (exact) mass is 339 g/mol. The van der Waals surface area contributed by atoms with Gasteiger partial charge in [0.25, 0.3) is 0 Å². The fourth-order valence-electron chi connectivity index (χ4n) is 1.86. The molecule has 1 aromatic rings. The molecular weight excluding hydrogens is 310 g/mol. The van der Waals surface area contributed by atoms with Crippen molar-refractivity contribution < 1.29 is 4.79 Å². The molecule has 0 aliphatic heterocycles. The summed E-state index contributed by atoms with van der Waals surface area (Å²) in [5.74, 6) is 0.783. The third-order valence-electron chi connectivity index (χ3n) is 3.37. The zero-order valence-corrected chi connectivity index (χ0v) is 15.7. The summed E-state index contributed by atoms with van der Waals surface area (Å²) in [4.78, 5) is 25.5. The predicted molar refractivity (Wildman–Crippen MR) is 97.1 cm³/mol. The van der Waals surface area contributed by atoms with E-state index in [2.05, 4.69) is 34.0 Å². The van der Waals surface area contributed by atoms with Gasteiger partial charge in [0, 0.05) is 51.7 Å². The number of aliphatic imine (C=N–C) groups is 1. The zero-order valence-electron chi connectivity index (χ0n) is 14.9. The Labute approximate surface area is 143 Å². The van der Waals surface area contributed by atoms with Gasteiger partial charge in [0.15, 0.2) is 5.96 Å². The Morgan fingerprint density at radius 1 is 1.39 bits per heavy atom. The Bertz CT molecular complexity index is 512. The summed E-state index contributed by atoms with van der Waals surface area (Å²) in [6.07, 6.45) is 4.99. The summed E-state index contributed by atoms with van der Waals surface area (Å²) in [6.45, 7) is 6.08. The average Bonchev–Trinajstić information content (AvgIpc) is 2.93. The van der Waals surface area contributed by atoms with Crippen LogP contribution in [0.15, 0.2) is 11.2 Å². The van der Waals surface area contributed by atoms with Crippen LogP contribution in [0.2, 0.25) is 0 Å². The molecule has 1 aromatic heterocycles. The first-order chi connectivity index (χ1) is 10.9. The van der Waals surface area contributed by atoms with Crippen molar-refractivity contribution >= 4 is 23.2 Å². The van der Waals surface area contributed by atoms with E-state index >= 15 is 0 Å². The summed E-state index contributed by atoms with van der Waals surface area (Å²) >= 11 is 1.73. The van der Waals surface area contributed by atoms with Gasteiger partial charge in [-0.15, -0.1) is 11.3 Å². The van der Waals surface area contributed by atoms with Crippen LogP contribution in [0.1, 0.15) is 29.7 Å². The second kappa shape index (κ2) is 10.2. The van der Waals surface area contributed by atoms with Crippen LogP contribution in [0.25, 0.3) is 0 Å². The van der Waals surface area contributed by atoms with Gasteiger partial charge in [-0.3, -0.25) is 4.79 Å². The number of rotatable bonds is 8. The number of hydrogen-bond donors (Lipinski definition) is 1. The van der Waals surface area contributed by atoms with Gasteiger partial charge in [0.2, 0.25) is 5.91 Å². The smallest absolute Gasteiger partial charge is 0.243 e. The number of aromatic nitrogens is 1. The number of guanidine groups is 1. The van der Waals surface area contributed by atoms with E-state index in [0.29, 0.717) is 0 Å². The maximum Gasteiger partial charge on any atom is 0.243 e. The molecule has 1 amide bonds. The topological polar surface area (TPSA) is 60.8 Å². The first-order valence-electron chi connectivity index (χ1n) is 8.05. The molecule has 1 N–H and O–H groups in total. The fourth-order valence-corrected chi connectivity index (χ4v) is 2.63. The summed E-state index contributed by atoms with van der Waals surface area (Å²) < 4.78 is 0. The van der Waals surface area contributed by atoms with E-state index in [0.717, 1.165) is 43.3 Å². The third-order valence-corrected chi connectivity index (χ3v) is 4.34. The largest absolute Gasteiger partial charge is 0.356 e. The number of likely N-dealkylation sites (N-methyl/N-ethyl adjacent to an activating group) is 2. The second-order valence-electron chi connectivity index (χ2n) is 5.74. The molecule has 0 aliphatic carbocycles. The average molecular weight is 340 g/mol. The lowest BCUT2D eigenvalue weighted by molar-refractivity contribution is -0.127. The molecule has 6 nitrogen and oxygen atoms in total. The van der Waals surface area contributed by atoms with Gasteiger partial charge >= 0.3 is 0 Å². The Morgan fingerprint density at radius 2 is 2.13 bits per heavy atom. The number of unbranched alkanes of at least 4 members (excludes halogenated alkanes) is 1. The summed E-state index contributed by atoms with van der Waals surface area (Å²) in [5, 5.41) is 4.48. The highest BCUT2D eigenvalue weighted by atomic mass is 32.1. The van der Waals surface area contributed by atoms with Crippen LogP contribution in [0, 0.1) is 6.92 Å². The normalized spacial score (nSPS) is 11.4. The van der Waals surface area contributed by atoms with Crippen LogP contribution >= 0.6 is 11.3 Å². The van der Waals surface area contributed by atoms with Gasteiger partial charge in [-0.25, -0.2) is 9.98 Å². The highest BCUT2D eigenvalue weighted by Gasteiger charge is 2.10. The van der Waals surface area contributed by atoms with Crippen molar-refractivity contribution in [2.24, 2.45) is 4.99 Å². The van der Waals surface area contributed by atoms with Crippen LogP contribution in [-0.2, 0) is 11.2 Å². The maximum atomic E-state index is 11.7. The summed E-state index contributed by atoms with van der Waals surface area (Å²) in [5.41, 5.74) is 0. The molecule has 0 unspecified atom stereocenters. The molecular formula is C16H29N5OS. The molecule has 0 saturated heterocycles. The number of nitrogens with zero attached hydrogens (tertiary/aromatic N) is 4. The standard InChI is InChI=1S/C16H29N5OS/c1-6-7-9-17-16(19-12-15(22)20(3)4)21(5)10-8-14-18-11-13(2)23-14/h11H,6-10,12H2,1-5H3,(H,17,19). The van der Waals surface area contributed by atoms with Gasteiger partial charge in [-0.2, -0.15) is 0 Å². The lowest BCUT2D eigenvalue weighted by Gasteiger charge is -2.22. The SMILES string of the molecule is CCCCNC(=NCC(=O)N(C)C)N(C)CCc1ncc(C)s1. The van der Waals surface area contributed by atoms with E-state index in [-0.39, 0.29) is 12.5 Å². The minimum atomic E-state index is 0.00346. The number of nitrogens with one attached hydrogen (secondary N) is 1. The van der Waals surface area contributed by atoms with Crippen molar-refractivity contribution in [2.45, 2.75) is 33.1 Å². The van der Waals surface area contributed by atoms with Gasteiger partial charge in [0.05, 0.1) is 5.01 Å². The number of aryl methyl sites for hydroxylation is 1. The minimum absolute atomic E-state index is 0.00346. The van der Waals surface area contributed by atoms with E-state index in [1.54, 1.807) is 30.3 Å². The fraction of sp³-hybridized carbons (Fsp3) is 0.688. The van der Waals surface area contributed by atoms with E-state index in [9.17, 15) is 4.79 Å². The molecule has 0 atom stereocenters. The molecule has 0 bridgehead atoms. The predicted octanol–water partition coefficient (Wildman–Crippen LogP) is 1.76. The maximum absolute atomic E-state index is 11.7. The van der Waals surface area contributed by atoms with Crippen LogP contribution < -0.4 is 5.32 Å². The molecule has 0 radical (unpaired) electrons. The van der Waals surface area contributed by atoms with Crippen LogP contribution in [0.4, 0.5) is 0 Å². The van der Waals surface area contributed by atoms with Gasteiger partial charge in [-0.05, 0) is 13.3 Å². The Morgan fingerprint density at radius 3 is 2.70 bits per heavy atom. The second-order valence-corrected chi connectivity index (χ2v) is 7.06. The minimum Gasteiger partial charge on any atom is -0.356 e. The van der Waals surface area contributed by atoms with Crippen LogP contribution in [-0.4, -0.2) is 67.4 Å². The lowest BCUT2D eigenvalue weighted by Crippen LogP contribution is -2.41. The quantitative estimate of drug-likeness (QED) is 0.445. The van der Waals surface area contributed by atoms with Crippen molar-refractivity contribution in [1.82, 2.24) is 20.1 Å². The molecule has 23 heavy (non-hydrogen) atoms. The molecule has 130 valence electrons. The Balaban J connectivity index is 2.60. The van der Waals surface area contributed by atoms with Crippen LogP contribution in [0.5, 0.6) is 0 Å². The first kappa shape index (κ1) is 19.4. The van der Waals surface area contributed by atoms with E-state index in [1.807, 2.05) is 13.2 Å². The van der Waals surface area contributed by atoms with Crippen molar-refractivity contribution in [3.63, 3.8) is 0 Å². The van der Waals surface area contributed by atoms with E-state index in [4.69, 9.17) is 0 Å². The molecule has 7 heteroatoms. The number of hydrogen-bond acceptors (Lipinski definition) is 4. The van der Waals surface area contributed by atoms with Gasteiger partial charge in [-0.1, -0.05) is 13.3 Å². The molecule has 0 aliphatic rings. The Hall–Kier alpha value is -1.63. The van der Waals surface area contributed by atoms with Gasteiger partial charge in [0.1, 0.15) is 6.54 Å². The van der Waals surface area contributed by atoms with Crippen LogP contribution in [0.3, 0.4) is 0 Å². The first-order valence-corrected chi connectivity index (χ1v) is 8.86. The molecule has 0 aromatic carbocycles. The zero-order chi connectivity index (χ0) is 17.2. The third kappa shape index (κ3) is 7.45. The molecule has 0 spiro atoms. The summed E-state index contributed by atoms with van der Waals surface area (Å²) in [6, 6.07) is 0. The lowest BCUT2D eigenvalue weighted by atomic mass is 10.3. The number of carbonyl (C=O) groups excluding carboxylic acids is 1. The van der Waals surface area contributed by atoms with Crippen molar-refractivity contribution in [3.8, 4) is 0 Å². The van der Waals surface area contributed by atoms with Gasteiger partial charge < -0.3 is 15.1 Å². The summed E-state index contributed by atoms with van der Waals surface area (Å²) in [7, 11) is 5.49. The number of thiazole rings is 1. The highest BCUT2D eigenvalue weighted by Crippen LogP contribution is 2.11. The molecule has 1 rings (SSSR count). The number of amides is 1. The van der Waals surface area contributed by atoms with Crippen molar-refractivity contribution in [1.29, 1.82) is 0 Å². The number of carbonyl (C=O) groups is 1. The molecule has 1 heterocycles. The van der Waals surface area contributed by atoms with E-state index in [1.165, 1.54) is 4.88 Å². The molecule has 0 fully saturated rings.